The second-order valence-electron chi connectivity index (χ2n) is 2.86. The SMILES string of the molecule is CC#CC(CCCC)COC(N)=O. The number of rotatable bonds is 5. The van der Waals surface area contributed by atoms with Crippen LogP contribution in [-0.2, 0) is 4.74 Å². The molecule has 74 valence electrons. The third kappa shape index (κ3) is 7.20. The van der Waals surface area contributed by atoms with Gasteiger partial charge >= 0.3 is 6.09 Å². The topological polar surface area (TPSA) is 52.3 Å². The zero-order valence-electron chi connectivity index (χ0n) is 8.30. The van der Waals surface area contributed by atoms with E-state index in [1.807, 2.05) is 0 Å². The molecule has 0 aromatic heterocycles. The van der Waals surface area contributed by atoms with E-state index in [1.54, 1.807) is 6.92 Å². The molecule has 0 fully saturated rings. The van der Waals surface area contributed by atoms with E-state index >= 15 is 0 Å². The summed E-state index contributed by atoms with van der Waals surface area (Å²) in [5.74, 6) is 5.94. The number of nitrogens with two attached hydrogens (primary N) is 1. The predicted octanol–water partition coefficient (Wildman–Crippen LogP) is 1.91. The van der Waals surface area contributed by atoms with Gasteiger partial charge in [0.25, 0.3) is 0 Å². The molecule has 0 radical (unpaired) electrons. The maximum Gasteiger partial charge on any atom is 0.404 e. The predicted molar refractivity (Wildman–Crippen MR) is 52.0 cm³/mol. The van der Waals surface area contributed by atoms with Gasteiger partial charge < -0.3 is 10.5 Å². The molecule has 1 amide bonds. The summed E-state index contributed by atoms with van der Waals surface area (Å²) in [7, 11) is 0. The van der Waals surface area contributed by atoms with Crippen LogP contribution in [0.2, 0.25) is 0 Å². The van der Waals surface area contributed by atoms with Crippen molar-refractivity contribution in [3.63, 3.8) is 0 Å². The van der Waals surface area contributed by atoms with Gasteiger partial charge in [-0.3, -0.25) is 0 Å². The molecule has 0 heterocycles. The van der Waals surface area contributed by atoms with E-state index in [0.717, 1.165) is 19.3 Å². The van der Waals surface area contributed by atoms with Crippen LogP contribution in [0, 0.1) is 17.8 Å². The van der Waals surface area contributed by atoms with Crippen LogP contribution >= 0.6 is 0 Å². The Labute approximate surface area is 79.6 Å². The zero-order valence-corrected chi connectivity index (χ0v) is 8.30. The fraction of sp³-hybridized carbons (Fsp3) is 0.700. The van der Waals surface area contributed by atoms with Gasteiger partial charge in [0.2, 0.25) is 0 Å². The molecule has 1 atom stereocenters. The normalized spacial score (nSPS) is 11.2. The van der Waals surface area contributed by atoms with Crippen molar-refractivity contribution in [1.29, 1.82) is 0 Å². The van der Waals surface area contributed by atoms with Crippen LogP contribution in [0.25, 0.3) is 0 Å². The largest absolute Gasteiger partial charge is 0.448 e. The minimum atomic E-state index is -0.723. The van der Waals surface area contributed by atoms with Crippen molar-refractivity contribution in [2.24, 2.45) is 11.7 Å². The molecule has 0 aliphatic heterocycles. The van der Waals surface area contributed by atoms with Crippen LogP contribution in [-0.4, -0.2) is 12.7 Å². The Bertz CT molecular complexity index is 203. The highest BCUT2D eigenvalue weighted by Gasteiger charge is 2.06. The molecule has 13 heavy (non-hydrogen) atoms. The third-order valence-electron chi connectivity index (χ3n) is 1.68. The summed E-state index contributed by atoms with van der Waals surface area (Å²) in [6.45, 7) is 4.21. The molecular formula is C10H17NO2. The first kappa shape index (κ1) is 11.8. The Morgan fingerprint density at radius 2 is 2.31 bits per heavy atom. The fourth-order valence-corrected chi connectivity index (χ4v) is 1.03. The van der Waals surface area contributed by atoms with Crippen molar-refractivity contribution in [2.45, 2.75) is 33.1 Å². The summed E-state index contributed by atoms with van der Waals surface area (Å²) in [6.07, 6.45) is 2.46. The van der Waals surface area contributed by atoms with E-state index in [0.29, 0.717) is 6.61 Å². The molecule has 0 aliphatic rings. The smallest absolute Gasteiger partial charge is 0.404 e. The van der Waals surface area contributed by atoms with E-state index in [9.17, 15) is 4.79 Å². The van der Waals surface area contributed by atoms with Gasteiger partial charge in [0, 0.05) is 0 Å². The molecule has 1 unspecified atom stereocenters. The highest BCUT2D eigenvalue weighted by Crippen LogP contribution is 2.07. The number of hydrogen-bond donors (Lipinski definition) is 1. The fourth-order valence-electron chi connectivity index (χ4n) is 1.03. The first-order valence-electron chi connectivity index (χ1n) is 4.55. The van der Waals surface area contributed by atoms with Crippen molar-refractivity contribution in [2.75, 3.05) is 6.61 Å². The molecule has 0 rings (SSSR count). The highest BCUT2D eigenvalue weighted by molar-refractivity contribution is 5.64. The van der Waals surface area contributed by atoms with Crippen molar-refractivity contribution in [3.05, 3.63) is 0 Å². The van der Waals surface area contributed by atoms with E-state index in [1.165, 1.54) is 0 Å². The molecule has 0 saturated heterocycles. The van der Waals surface area contributed by atoms with Crippen molar-refractivity contribution < 1.29 is 9.53 Å². The maximum atomic E-state index is 10.3. The van der Waals surface area contributed by atoms with E-state index in [-0.39, 0.29) is 5.92 Å². The molecule has 0 aromatic carbocycles. The van der Waals surface area contributed by atoms with Gasteiger partial charge in [0.05, 0.1) is 5.92 Å². The van der Waals surface area contributed by atoms with Gasteiger partial charge in [-0.2, -0.15) is 0 Å². The molecule has 2 N–H and O–H groups in total. The lowest BCUT2D eigenvalue weighted by Crippen LogP contribution is -2.18. The monoisotopic (exact) mass is 183 g/mol. The van der Waals surface area contributed by atoms with Crippen LogP contribution in [0.1, 0.15) is 33.1 Å². The minimum absolute atomic E-state index is 0.137. The van der Waals surface area contributed by atoms with Crippen LogP contribution in [0.15, 0.2) is 0 Å². The average molecular weight is 183 g/mol. The lowest BCUT2D eigenvalue weighted by atomic mass is 10.0. The van der Waals surface area contributed by atoms with E-state index in [2.05, 4.69) is 23.5 Å². The number of hydrogen-bond acceptors (Lipinski definition) is 2. The van der Waals surface area contributed by atoms with Crippen LogP contribution in [0.4, 0.5) is 4.79 Å². The molecule has 0 aromatic rings. The Morgan fingerprint density at radius 1 is 1.62 bits per heavy atom. The summed E-state index contributed by atoms with van der Waals surface area (Å²) in [6, 6.07) is 0. The Kier molecular flexibility index (Phi) is 6.80. The molecule has 0 bridgehead atoms. The average Bonchev–Trinajstić information content (AvgIpc) is 2.09. The highest BCUT2D eigenvalue weighted by atomic mass is 16.5. The first-order valence-corrected chi connectivity index (χ1v) is 4.55. The second kappa shape index (κ2) is 7.48. The molecule has 3 nitrogen and oxygen atoms in total. The molecule has 0 spiro atoms. The number of primary amides is 1. The van der Waals surface area contributed by atoms with Gasteiger partial charge in [-0.15, -0.1) is 5.92 Å². The summed E-state index contributed by atoms with van der Waals surface area (Å²) >= 11 is 0. The number of amides is 1. The van der Waals surface area contributed by atoms with Crippen molar-refractivity contribution in [1.82, 2.24) is 0 Å². The standard InChI is InChI=1S/C10H17NO2/c1-3-5-7-9(6-4-2)8-13-10(11)12/h9H,3,5,7-8H2,1-2H3,(H2,11,12). The Balaban J connectivity index is 3.77. The first-order chi connectivity index (χ1) is 6.20. The van der Waals surface area contributed by atoms with E-state index < -0.39 is 6.09 Å². The van der Waals surface area contributed by atoms with Crippen molar-refractivity contribution >= 4 is 6.09 Å². The van der Waals surface area contributed by atoms with E-state index in [4.69, 9.17) is 5.73 Å². The summed E-state index contributed by atoms with van der Waals surface area (Å²) in [5, 5.41) is 0. The second-order valence-corrected chi connectivity index (χ2v) is 2.86. The van der Waals surface area contributed by atoms with Crippen LogP contribution < -0.4 is 5.73 Å². The van der Waals surface area contributed by atoms with Crippen molar-refractivity contribution in [3.8, 4) is 11.8 Å². The quantitative estimate of drug-likeness (QED) is 0.662. The maximum absolute atomic E-state index is 10.3. The van der Waals surface area contributed by atoms with Crippen LogP contribution in [0.5, 0.6) is 0 Å². The number of ether oxygens (including phenoxy) is 1. The van der Waals surface area contributed by atoms with Gasteiger partial charge in [0.15, 0.2) is 0 Å². The molecule has 3 heteroatoms. The summed E-state index contributed by atoms with van der Waals surface area (Å²) in [4.78, 5) is 10.3. The third-order valence-corrected chi connectivity index (χ3v) is 1.68. The molecule has 0 aliphatic carbocycles. The summed E-state index contributed by atoms with van der Waals surface area (Å²) < 4.78 is 4.69. The molecular weight excluding hydrogens is 166 g/mol. The zero-order chi connectivity index (χ0) is 10.1. The molecule has 0 saturated carbocycles. The van der Waals surface area contributed by atoms with Gasteiger partial charge in [-0.25, -0.2) is 4.79 Å². The lowest BCUT2D eigenvalue weighted by molar-refractivity contribution is 0.144. The number of carbonyl (C=O) groups is 1. The van der Waals surface area contributed by atoms with Gasteiger partial charge in [0.1, 0.15) is 6.61 Å². The lowest BCUT2D eigenvalue weighted by Gasteiger charge is -2.08. The Morgan fingerprint density at radius 3 is 2.77 bits per heavy atom. The number of unbranched alkanes of at least 4 members (excludes halogenated alkanes) is 1. The number of carbonyl (C=O) groups excluding carboxylic acids is 1. The van der Waals surface area contributed by atoms with Gasteiger partial charge in [-0.1, -0.05) is 25.7 Å². The van der Waals surface area contributed by atoms with Crippen LogP contribution in [0.3, 0.4) is 0 Å². The Hall–Kier alpha value is -1.17. The minimum Gasteiger partial charge on any atom is -0.448 e. The van der Waals surface area contributed by atoms with Gasteiger partial charge in [-0.05, 0) is 13.3 Å². The summed E-state index contributed by atoms with van der Waals surface area (Å²) in [5.41, 5.74) is 4.86.